The van der Waals surface area contributed by atoms with Gasteiger partial charge in [-0.25, -0.2) is 0 Å². The van der Waals surface area contributed by atoms with Crippen LogP contribution in [0.2, 0.25) is 10.0 Å². The maximum atomic E-state index is 13.5. The summed E-state index contributed by atoms with van der Waals surface area (Å²) in [5, 5.41) is 0.275. The largest absolute Gasteiger partial charge is 0.457 e. The van der Waals surface area contributed by atoms with Crippen LogP contribution in [-0.2, 0) is 11.3 Å². The van der Waals surface area contributed by atoms with Crippen molar-refractivity contribution in [1.82, 2.24) is 0 Å². The molecule has 0 amide bonds. The summed E-state index contributed by atoms with van der Waals surface area (Å²) in [5.74, 6) is -0.558. The quantitative estimate of drug-likeness (QED) is 0.375. The molecule has 3 aromatic rings. The summed E-state index contributed by atoms with van der Waals surface area (Å²) in [6.45, 7) is -0.523. The maximum absolute atomic E-state index is 13.5. The number of alkyl halides is 3. The Morgan fingerprint density at radius 1 is 0.793 bits per heavy atom. The summed E-state index contributed by atoms with van der Waals surface area (Å²) >= 11 is 11.7. The standard InChI is InChI=1S/C22H17Cl2F3O2/c23-20-10-9-16(12-21(20)24)19(22(25,26)27)14-28-13-15-5-4-8-18(11-15)29-17-6-2-1-3-7-17/h1-12,19H,13-14H2. The molecular weight excluding hydrogens is 424 g/mol. The van der Waals surface area contributed by atoms with E-state index in [-0.39, 0.29) is 22.2 Å². The van der Waals surface area contributed by atoms with Crippen molar-refractivity contribution in [3.63, 3.8) is 0 Å². The summed E-state index contributed by atoms with van der Waals surface area (Å²) in [6.07, 6.45) is -4.48. The van der Waals surface area contributed by atoms with Gasteiger partial charge in [0.1, 0.15) is 17.4 Å². The number of para-hydroxylation sites is 1. The van der Waals surface area contributed by atoms with E-state index in [2.05, 4.69) is 0 Å². The molecule has 0 aliphatic carbocycles. The molecule has 0 N–H and O–H groups in total. The summed E-state index contributed by atoms with van der Waals surface area (Å²) in [5.41, 5.74) is 0.710. The fourth-order valence-corrected chi connectivity index (χ4v) is 3.03. The highest BCUT2D eigenvalue weighted by Gasteiger charge is 2.41. The normalized spacial score (nSPS) is 12.6. The number of benzene rings is 3. The van der Waals surface area contributed by atoms with Gasteiger partial charge in [0, 0.05) is 0 Å². The molecule has 0 bridgehead atoms. The van der Waals surface area contributed by atoms with E-state index in [0.717, 1.165) is 0 Å². The van der Waals surface area contributed by atoms with Crippen LogP contribution < -0.4 is 4.74 Å². The van der Waals surface area contributed by atoms with Crippen molar-refractivity contribution in [2.24, 2.45) is 0 Å². The number of hydrogen-bond donors (Lipinski definition) is 0. The topological polar surface area (TPSA) is 18.5 Å². The highest BCUT2D eigenvalue weighted by Crippen LogP contribution is 2.37. The number of halogens is 5. The zero-order valence-corrected chi connectivity index (χ0v) is 16.6. The first kappa shape index (κ1) is 21.5. The molecule has 0 aliphatic heterocycles. The fourth-order valence-electron chi connectivity index (χ4n) is 2.73. The second-order valence-electron chi connectivity index (χ2n) is 6.35. The highest BCUT2D eigenvalue weighted by molar-refractivity contribution is 6.42. The first-order valence-electron chi connectivity index (χ1n) is 8.74. The van der Waals surface area contributed by atoms with E-state index in [1.807, 2.05) is 30.3 Å². The van der Waals surface area contributed by atoms with E-state index >= 15 is 0 Å². The molecule has 0 saturated heterocycles. The Kier molecular flexibility index (Phi) is 7.06. The van der Waals surface area contributed by atoms with Gasteiger partial charge in [-0.2, -0.15) is 13.2 Å². The lowest BCUT2D eigenvalue weighted by atomic mass is 9.99. The van der Waals surface area contributed by atoms with Crippen LogP contribution in [0, 0.1) is 0 Å². The Bertz CT molecular complexity index is 946. The third-order valence-electron chi connectivity index (χ3n) is 4.17. The predicted molar refractivity (Wildman–Crippen MR) is 108 cm³/mol. The van der Waals surface area contributed by atoms with E-state index in [1.54, 1.807) is 24.3 Å². The lowest BCUT2D eigenvalue weighted by Crippen LogP contribution is -2.25. The molecule has 0 aliphatic rings. The van der Waals surface area contributed by atoms with Gasteiger partial charge in [0.25, 0.3) is 0 Å². The monoisotopic (exact) mass is 440 g/mol. The number of ether oxygens (including phenoxy) is 2. The first-order chi connectivity index (χ1) is 13.8. The SMILES string of the molecule is FC(F)(F)C(COCc1cccc(Oc2ccccc2)c1)c1ccc(Cl)c(Cl)c1. The van der Waals surface area contributed by atoms with E-state index in [9.17, 15) is 13.2 Å². The van der Waals surface area contributed by atoms with Crippen LogP contribution in [0.4, 0.5) is 13.2 Å². The van der Waals surface area contributed by atoms with Crippen molar-refractivity contribution in [3.05, 3.63) is 94.0 Å². The molecule has 1 atom stereocenters. The van der Waals surface area contributed by atoms with E-state index in [1.165, 1.54) is 18.2 Å². The van der Waals surface area contributed by atoms with Gasteiger partial charge in [0.2, 0.25) is 0 Å². The minimum atomic E-state index is -4.48. The smallest absolute Gasteiger partial charge is 0.397 e. The van der Waals surface area contributed by atoms with Crippen LogP contribution in [0.1, 0.15) is 17.0 Å². The predicted octanol–water partition coefficient (Wildman–Crippen LogP) is 7.65. The van der Waals surface area contributed by atoms with Crippen molar-refractivity contribution in [2.45, 2.75) is 18.7 Å². The van der Waals surface area contributed by atoms with Crippen molar-refractivity contribution in [3.8, 4) is 11.5 Å². The maximum Gasteiger partial charge on any atom is 0.397 e. The molecule has 0 heterocycles. The van der Waals surface area contributed by atoms with E-state index < -0.39 is 18.7 Å². The Balaban J connectivity index is 1.65. The van der Waals surface area contributed by atoms with Gasteiger partial charge in [-0.1, -0.05) is 59.6 Å². The number of rotatable bonds is 7. The van der Waals surface area contributed by atoms with Gasteiger partial charge in [0.15, 0.2) is 0 Å². The minimum absolute atomic E-state index is 0.00746. The molecule has 0 saturated carbocycles. The second kappa shape index (κ2) is 9.53. The summed E-state index contributed by atoms with van der Waals surface area (Å²) in [6, 6.07) is 20.1. The molecule has 3 aromatic carbocycles. The third kappa shape index (κ3) is 6.13. The van der Waals surface area contributed by atoms with Crippen LogP contribution >= 0.6 is 23.2 Å². The zero-order chi connectivity index (χ0) is 20.9. The van der Waals surface area contributed by atoms with Gasteiger partial charge >= 0.3 is 6.18 Å². The molecule has 0 radical (unpaired) electrons. The lowest BCUT2D eigenvalue weighted by molar-refractivity contribution is -0.163. The Labute approximate surface area is 176 Å². The van der Waals surface area contributed by atoms with Gasteiger partial charge < -0.3 is 9.47 Å². The summed E-state index contributed by atoms with van der Waals surface area (Å²) in [7, 11) is 0. The van der Waals surface area contributed by atoms with Crippen LogP contribution in [0.25, 0.3) is 0 Å². The molecule has 0 aromatic heterocycles. The van der Waals surface area contributed by atoms with Crippen LogP contribution in [0.3, 0.4) is 0 Å². The molecule has 7 heteroatoms. The van der Waals surface area contributed by atoms with Crippen molar-refractivity contribution in [2.75, 3.05) is 6.61 Å². The molecule has 1 unspecified atom stereocenters. The minimum Gasteiger partial charge on any atom is -0.457 e. The van der Waals surface area contributed by atoms with E-state index in [4.69, 9.17) is 32.7 Å². The fraction of sp³-hybridized carbons (Fsp3) is 0.182. The first-order valence-corrected chi connectivity index (χ1v) is 9.50. The average Bonchev–Trinajstić information content (AvgIpc) is 2.68. The van der Waals surface area contributed by atoms with Crippen molar-refractivity contribution >= 4 is 23.2 Å². The van der Waals surface area contributed by atoms with Crippen LogP contribution in [0.15, 0.2) is 72.8 Å². The highest BCUT2D eigenvalue weighted by atomic mass is 35.5. The van der Waals surface area contributed by atoms with Gasteiger partial charge in [0.05, 0.1) is 23.3 Å². The van der Waals surface area contributed by atoms with Crippen LogP contribution in [-0.4, -0.2) is 12.8 Å². The molecule has 29 heavy (non-hydrogen) atoms. The number of hydrogen-bond acceptors (Lipinski definition) is 2. The molecule has 0 fully saturated rings. The van der Waals surface area contributed by atoms with Crippen molar-refractivity contribution in [1.29, 1.82) is 0 Å². The second-order valence-corrected chi connectivity index (χ2v) is 7.16. The van der Waals surface area contributed by atoms with E-state index in [0.29, 0.717) is 17.1 Å². The summed E-state index contributed by atoms with van der Waals surface area (Å²) in [4.78, 5) is 0. The van der Waals surface area contributed by atoms with Crippen molar-refractivity contribution < 1.29 is 22.6 Å². The zero-order valence-electron chi connectivity index (χ0n) is 15.1. The van der Waals surface area contributed by atoms with Gasteiger partial charge in [-0.15, -0.1) is 0 Å². The Morgan fingerprint density at radius 2 is 1.52 bits per heavy atom. The molecule has 2 nitrogen and oxygen atoms in total. The third-order valence-corrected chi connectivity index (χ3v) is 4.91. The Hall–Kier alpha value is -2.21. The lowest BCUT2D eigenvalue weighted by Gasteiger charge is -2.21. The van der Waals surface area contributed by atoms with Crippen LogP contribution in [0.5, 0.6) is 11.5 Å². The van der Waals surface area contributed by atoms with Gasteiger partial charge in [-0.05, 0) is 47.5 Å². The Morgan fingerprint density at radius 3 is 2.21 bits per heavy atom. The summed E-state index contributed by atoms with van der Waals surface area (Å²) < 4.78 is 51.6. The average molecular weight is 441 g/mol. The molecule has 152 valence electrons. The molecule has 3 rings (SSSR count). The molecular formula is C22H17Cl2F3O2. The molecule has 0 spiro atoms. The van der Waals surface area contributed by atoms with Gasteiger partial charge in [-0.3, -0.25) is 0 Å².